The number of halogens is 1. The summed E-state index contributed by atoms with van der Waals surface area (Å²) < 4.78 is 10.7. The molecule has 0 bridgehead atoms. The molecule has 1 aliphatic rings. The molecule has 1 saturated heterocycles. The van der Waals surface area contributed by atoms with Gasteiger partial charge in [-0.1, -0.05) is 11.6 Å². The topological polar surface area (TPSA) is 26.1 Å². The zero-order valence-corrected chi connectivity index (χ0v) is 15.0. The molecular formula is C19H24ClN2O2+. The van der Waals surface area contributed by atoms with E-state index in [9.17, 15) is 0 Å². The van der Waals surface area contributed by atoms with Crippen molar-refractivity contribution in [1.29, 1.82) is 0 Å². The van der Waals surface area contributed by atoms with Crippen molar-refractivity contribution in [3.63, 3.8) is 0 Å². The Balaban J connectivity index is 1.60. The van der Waals surface area contributed by atoms with E-state index in [0.29, 0.717) is 0 Å². The molecule has 1 heterocycles. The minimum Gasteiger partial charge on any atom is -0.497 e. The lowest BCUT2D eigenvalue weighted by Gasteiger charge is -2.33. The number of hydrogen-bond acceptors (Lipinski definition) is 3. The molecule has 0 radical (unpaired) electrons. The number of ether oxygens (including phenoxy) is 2. The maximum atomic E-state index is 5.97. The SMILES string of the molecule is COc1cc(C[NH+]2CCN(c3ccc(Cl)cc3)CC2)cc(OC)c1. The normalized spacial score (nSPS) is 15.4. The number of quaternary nitrogens is 1. The lowest BCUT2D eigenvalue weighted by Crippen LogP contribution is -3.13. The largest absolute Gasteiger partial charge is 0.497 e. The number of nitrogens with zero attached hydrogens (tertiary/aromatic N) is 1. The van der Waals surface area contributed by atoms with Crippen LogP contribution in [0.4, 0.5) is 5.69 Å². The van der Waals surface area contributed by atoms with E-state index in [-0.39, 0.29) is 0 Å². The van der Waals surface area contributed by atoms with E-state index in [0.717, 1.165) is 49.2 Å². The highest BCUT2D eigenvalue weighted by Crippen LogP contribution is 2.22. The third-order valence-corrected chi connectivity index (χ3v) is 4.78. The predicted octanol–water partition coefficient (Wildman–Crippen LogP) is 2.26. The van der Waals surface area contributed by atoms with Crippen LogP contribution in [0.1, 0.15) is 5.56 Å². The first kappa shape index (κ1) is 16.9. The van der Waals surface area contributed by atoms with Crippen LogP contribution in [0.2, 0.25) is 5.02 Å². The van der Waals surface area contributed by atoms with Crippen LogP contribution in [0.15, 0.2) is 42.5 Å². The van der Waals surface area contributed by atoms with Crippen molar-refractivity contribution in [1.82, 2.24) is 0 Å². The Morgan fingerprint density at radius 1 is 0.958 bits per heavy atom. The van der Waals surface area contributed by atoms with Crippen molar-refractivity contribution in [2.45, 2.75) is 6.54 Å². The summed E-state index contributed by atoms with van der Waals surface area (Å²) in [4.78, 5) is 4.00. The standard InChI is InChI=1S/C19H23ClN2O2/c1-23-18-11-15(12-19(13-18)24-2)14-21-7-9-22(10-8-21)17-5-3-16(20)4-6-17/h3-6,11-13H,7-10,14H2,1-2H3/p+1. The van der Waals surface area contributed by atoms with Gasteiger partial charge in [0, 0.05) is 22.3 Å². The minimum absolute atomic E-state index is 0.787. The fourth-order valence-corrected chi connectivity index (χ4v) is 3.29. The van der Waals surface area contributed by atoms with Crippen LogP contribution < -0.4 is 19.3 Å². The molecule has 1 N–H and O–H groups in total. The second kappa shape index (κ2) is 7.77. The molecule has 24 heavy (non-hydrogen) atoms. The molecule has 2 aromatic carbocycles. The van der Waals surface area contributed by atoms with Gasteiger partial charge in [-0.25, -0.2) is 0 Å². The minimum atomic E-state index is 0.787. The first-order valence-corrected chi connectivity index (χ1v) is 8.62. The second-order valence-electron chi connectivity index (χ2n) is 6.11. The molecule has 0 aromatic heterocycles. The van der Waals surface area contributed by atoms with Crippen LogP contribution in [0.25, 0.3) is 0 Å². The molecule has 0 atom stereocenters. The molecule has 0 spiro atoms. The highest BCUT2D eigenvalue weighted by atomic mass is 35.5. The Hall–Kier alpha value is -1.91. The zero-order chi connectivity index (χ0) is 16.9. The van der Waals surface area contributed by atoms with Crippen LogP contribution >= 0.6 is 11.6 Å². The predicted molar refractivity (Wildman–Crippen MR) is 97.6 cm³/mol. The van der Waals surface area contributed by atoms with E-state index in [2.05, 4.69) is 29.2 Å². The van der Waals surface area contributed by atoms with Gasteiger partial charge in [0.15, 0.2) is 0 Å². The number of piperazine rings is 1. The molecule has 128 valence electrons. The second-order valence-corrected chi connectivity index (χ2v) is 6.55. The summed E-state index contributed by atoms with van der Waals surface area (Å²) in [5.41, 5.74) is 2.50. The molecule has 5 heteroatoms. The fraction of sp³-hybridized carbons (Fsp3) is 0.368. The maximum absolute atomic E-state index is 5.97. The Morgan fingerprint density at radius 2 is 1.54 bits per heavy atom. The van der Waals surface area contributed by atoms with Crippen molar-refractivity contribution in [3.8, 4) is 11.5 Å². The molecule has 1 fully saturated rings. The summed E-state index contributed by atoms with van der Waals surface area (Å²) >= 11 is 5.97. The Morgan fingerprint density at radius 3 is 2.08 bits per heavy atom. The smallest absolute Gasteiger partial charge is 0.123 e. The van der Waals surface area contributed by atoms with E-state index >= 15 is 0 Å². The summed E-state index contributed by atoms with van der Waals surface area (Å²) in [7, 11) is 3.38. The van der Waals surface area contributed by atoms with Crippen LogP contribution in [0.5, 0.6) is 11.5 Å². The molecule has 0 amide bonds. The summed E-state index contributed by atoms with van der Waals surface area (Å²) in [6.45, 7) is 5.32. The highest BCUT2D eigenvalue weighted by Gasteiger charge is 2.20. The molecule has 0 unspecified atom stereocenters. The van der Waals surface area contributed by atoms with Crippen LogP contribution in [-0.4, -0.2) is 40.4 Å². The molecular weight excluding hydrogens is 324 g/mol. The number of nitrogens with one attached hydrogen (secondary N) is 1. The van der Waals surface area contributed by atoms with Crippen molar-refractivity contribution in [2.24, 2.45) is 0 Å². The van der Waals surface area contributed by atoms with Crippen LogP contribution in [-0.2, 0) is 6.54 Å². The number of anilines is 1. The van der Waals surface area contributed by atoms with E-state index in [1.165, 1.54) is 11.3 Å². The van der Waals surface area contributed by atoms with Gasteiger partial charge in [0.1, 0.15) is 18.0 Å². The zero-order valence-electron chi connectivity index (χ0n) is 14.2. The Kier molecular flexibility index (Phi) is 5.48. The van der Waals surface area contributed by atoms with E-state index in [1.54, 1.807) is 19.1 Å². The van der Waals surface area contributed by atoms with Crippen molar-refractivity contribution >= 4 is 17.3 Å². The van der Waals surface area contributed by atoms with Gasteiger partial charge < -0.3 is 19.3 Å². The summed E-state index contributed by atoms with van der Waals surface area (Å²) in [5.74, 6) is 1.70. The van der Waals surface area contributed by atoms with Gasteiger partial charge in [-0.15, -0.1) is 0 Å². The summed E-state index contributed by atoms with van der Waals surface area (Å²) in [6, 6.07) is 14.2. The number of methoxy groups -OCH3 is 2. The lowest BCUT2D eigenvalue weighted by molar-refractivity contribution is -0.914. The Labute approximate surface area is 148 Å². The number of rotatable bonds is 5. The van der Waals surface area contributed by atoms with Gasteiger partial charge in [-0.2, -0.15) is 0 Å². The van der Waals surface area contributed by atoms with Gasteiger partial charge in [0.05, 0.1) is 40.4 Å². The highest BCUT2D eigenvalue weighted by molar-refractivity contribution is 6.30. The maximum Gasteiger partial charge on any atom is 0.123 e. The fourth-order valence-electron chi connectivity index (χ4n) is 3.17. The summed E-state index contributed by atoms with van der Waals surface area (Å²) in [6.07, 6.45) is 0. The van der Waals surface area contributed by atoms with Gasteiger partial charge in [-0.3, -0.25) is 0 Å². The molecule has 4 nitrogen and oxygen atoms in total. The van der Waals surface area contributed by atoms with Gasteiger partial charge in [0.25, 0.3) is 0 Å². The Bertz CT molecular complexity index is 645. The molecule has 2 aromatic rings. The number of hydrogen-bond donors (Lipinski definition) is 1. The molecule has 0 saturated carbocycles. The average molecular weight is 348 g/mol. The monoisotopic (exact) mass is 347 g/mol. The molecule has 3 rings (SSSR count). The quantitative estimate of drug-likeness (QED) is 0.898. The van der Waals surface area contributed by atoms with Crippen LogP contribution in [0, 0.1) is 0 Å². The molecule has 1 aliphatic heterocycles. The van der Waals surface area contributed by atoms with Gasteiger partial charge in [0.2, 0.25) is 0 Å². The average Bonchev–Trinajstić information content (AvgIpc) is 2.62. The van der Waals surface area contributed by atoms with Crippen molar-refractivity contribution < 1.29 is 14.4 Å². The number of benzene rings is 2. The van der Waals surface area contributed by atoms with Crippen LogP contribution in [0.3, 0.4) is 0 Å². The first-order valence-electron chi connectivity index (χ1n) is 8.24. The molecule has 0 aliphatic carbocycles. The van der Waals surface area contributed by atoms with Crippen molar-refractivity contribution in [2.75, 3.05) is 45.3 Å². The summed E-state index contributed by atoms with van der Waals surface area (Å²) in [5, 5.41) is 0.787. The first-order chi connectivity index (χ1) is 11.7. The third kappa shape index (κ3) is 4.13. The van der Waals surface area contributed by atoms with E-state index in [1.807, 2.05) is 18.2 Å². The van der Waals surface area contributed by atoms with Crippen molar-refractivity contribution in [3.05, 3.63) is 53.1 Å². The third-order valence-electron chi connectivity index (χ3n) is 4.53. The van der Waals surface area contributed by atoms with E-state index < -0.39 is 0 Å². The van der Waals surface area contributed by atoms with Gasteiger partial charge in [-0.05, 0) is 36.4 Å². The van der Waals surface area contributed by atoms with Gasteiger partial charge >= 0.3 is 0 Å². The van der Waals surface area contributed by atoms with E-state index in [4.69, 9.17) is 21.1 Å². The lowest BCUT2D eigenvalue weighted by atomic mass is 10.1.